The molecule has 0 fully saturated rings. The molecule has 0 aliphatic rings. The van der Waals surface area contributed by atoms with Gasteiger partial charge in [0.15, 0.2) is 5.75 Å². The van der Waals surface area contributed by atoms with Gasteiger partial charge in [0.05, 0.1) is 19.5 Å². The van der Waals surface area contributed by atoms with Gasteiger partial charge in [-0.15, -0.1) is 0 Å². The molecular weight excluding hydrogens is 170 g/mol. The summed E-state index contributed by atoms with van der Waals surface area (Å²) in [5.74, 6) is 0.604. The third kappa shape index (κ3) is 2.87. The van der Waals surface area contributed by atoms with Gasteiger partial charge >= 0.3 is 6.01 Å². The Morgan fingerprint density at radius 2 is 2.08 bits per heavy atom. The molecule has 0 amide bonds. The summed E-state index contributed by atoms with van der Waals surface area (Å²) in [4.78, 5) is 7.85. The van der Waals surface area contributed by atoms with Gasteiger partial charge in [-0.1, -0.05) is 0 Å². The van der Waals surface area contributed by atoms with Crippen LogP contribution in [0.2, 0.25) is 0 Å². The van der Waals surface area contributed by atoms with E-state index in [1.807, 2.05) is 6.92 Å². The molecule has 13 heavy (non-hydrogen) atoms. The van der Waals surface area contributed by atoms with E-state index in [2.05, 4.69) is 9.97 Å². The van der Waals surface area contributed by atoms with E-state index in [0.717, 1.165) is 0 Å². The first-order valence-corrected chi connectivity index (χ1v) is 3.99. The maximum Gasteiger partial charge on any atom is 0.316 e. The lowest BCUT2D eigenvalue weighted by atomic mass is 10.4. The number of hydrogen-bond acceptors (Lipinski definition) is 5. The predicted molar refractivity (Wildman–Crippen MR) is 47.7 cm³/mol. The Balaban J connectivity index is 2.58. The maximum absolute atomic E-state index is 5.37. The minimum Gasteiger partial charge on any atom is -0.494 e. The van der Waals surface area contributed by atoms with Crippen molar-refractivity contribution in [3.8, 4) is 11.8 Å². The second-order valence-electron chi connectivity index (χ2n) is 2.57. The smallest absolute Gasteiger partial charge is 0.316 e. The number of rotatable bonds is 4. The Morgan fingerprint density at radius 1 is 1.46 bits per heavy atom. The molecule has 0 aromatic carbocycles. The molecule has 0 radical (unpaired) electrons. The molecule has 0 saturated carbocycles. The van der Waals surface area contributed by atoms with Crippen LogP contribution in [0.25, 0.3) is 0 Å². The van der Waals surface area contributed by atoms with Crippen LogP contribution in [0.4, 0.5) is 0 Å². The first-order valence-electron chi connectivity index (χ1n) is 3.99. The number of methoxy groups -OCH3 is 1. The Kier molecular flexibility index (Phi) is 3.45. The topological polar surface area (TPSA) is 70.3 Å². The molecule has 2 N–H and O–H groups in total. The maximum atomic E-state index is 5.37. The van der Waals surface area contributed by atoms with Crippen molar-refractivity contribution in [2.45, 2.75) is 13.0 Å². The first-order chi connectivity index (χ1) is 6.26. The molecule has 1 atom stereocenters. The average Bonchev–Trinajstić information content (AvgIpc) is 2.19. The summed E-state index contributed by atoms with van der Waals surface area (Å²) in [6.07, 6.45) is 3.02. The Bertz CT molecular complexity index is 250. The summed E-state index contributed by atoms with van der Waals surface area (Å²) in [7, 11) is 1.56. The molecule has 1 rings (SSSR count). The second kappa shape index (κ2) is 4.61. The third-order valence-corrected chi connectivity index (χ3v) is 1.48. The van der Waals surface area contributed by atoms with Gasteiger partial charge in [0, 0.05) is 6.54 Å². The number of nitrogens with zero attached hydrogens (tertiary/aromatic N) is 2. The van der Waals surface area contributed by atoms with Gasteiger partial charge in [-0.2, -0.15) is 9.97 Å². The van der Waals surface area contributed by atoms with Crippen molar-refractivity contribution >= 4 is 0 Å². The van der Waals surface area contributed by atoms with E-state index in [0.29, 0.717) is 18.3 Å². The quantitative estimate of drug-likeness (QED) is 0.722. The minimum absolute atomic E-state index is 0.0756. The van der Waals surface area contributed by atoms with Crippen molar-refractivity contribution in [3.05, 3.63) is 12.4 Å². The van der Waals surface area contributed by atoms with Crippen LogP contribution < -0.4 is 15.2 Å². The number of ether oxygens (including phenoxy) is 2. The van der Waals surface area contributed by atoms with Crippen molar-refractivity contribution in [3.63, 3.8) is 0 Å². The van der Waals surface area contributed by atoms with E-state index in [1.54, 1.807) is 19.5 Å². The van der Waals surface area contributed by atoms with Gasteiger partial charge in [-0.05, 0) is 6.92 Å². The Hall–Kier alpha value is -1.36. The first kappa shape index (κ1) is 9.73. The number of aromatic nitrogens is 2. The van der Waals surface area contributed by atoms with Gasteiger partial charge in [-0.3, -0.25) is 0 Å². The average molecular weight is 183 g/mol. The molecule has 0 bridgehead atoms. The third-order valence-electron chi connectivity index (χ3n) is 1.48. The van der Waals surface area contributed by atoms with E-state index in [4.69, 9.17) is 15.2 Å². The zero-order valence-electron chi connectivity index (χ0n) is 7.73. The van der Waals surface area contributed by atoms with Crippen LogP contribution in [-0.2, 0) is 0 Å². The highest BCUT2D eigenvalue weighted by atomic mass is 16.5. The van der Waals surface area contributed by atoms with Crippen LogP contribution in [0, 0.1) is 0 Å². The fourth-order valence-electron chi connectivity index (χ4n) is 0.699. The fraction of sp³-hybridized carbons (Fsp3) is 0.500. The van der Waals surface area contributed by atoms with Crippen molar-refractivity contribution < 1.29 is 9.47 Å². The van der Waals surface area contributed by atoms with E-state index < -0.39 is 0 Å². The monoisotopic (exact) mass is 183 g/mol. The van der Waals surface area contributed by atoms with Crippen LogP contribution in [0.5, 0.6) is 11.8 Å². The Labute approximate surface area is 76.9 Å². The lowest BCUT2D eigenvalue weighted by Crippen LogP contribution is -2.23. The van der Waals surface area contributed by atoms with Gasteiger partial charge in [0.1, 0.15) is 6.10 Å². The van der Waals surface area contributed by atoms with E-state index in [-0.39, 0.29) is 6.10 Å². The van der Waals surface area contributed by atoms with Crippen molar-refractivity contribution in [2.75, 3.05) is 13.7 Å². The summed E-state index contributed by atoms with van der Waals surface area (Å²) in [5.41, 5.74) is 5.37. The van der Waals surface area contributed by atoms with Crippen LogP contribution in [0.3, 0.4) is 0 Å². The van der Waals surface area contributed by atoms with Gasteiger partial charge in [0.2, 0.25) is 0 Å². The van der Waals surface area contributed by atoms with Gasteiger partial charge in [0.25, 0.3) is 0 Å². The zero-order chi connectivity index (χ0) is 9.68. The molecule has 1 aromatic heterocycles. The molecular formula is C8H13N3O2. The molecule has 1 aromatic rings. The van der Waals surface area contributed by atoms with Crippen molar-refractivity contribution in [1.29, 1.82) is 0 Å². The minimum atomic E-state index is -0.0756. The van der Waals surface area contributed by atoms with Crippen LogP contribution >= 0.6 is 0 Å². The molecule has 0 spiro atoms. The molecule has 0 aliphatic heterocycles. The van der Waals surface area contributed by atoms with Crippen LogP contribution in [-0.4, -0.2) is 29.7 Å². The highest BCUT2D eigenvalue weighted by Crippen LogP contribution is 2.09. The lowest BCUT2D eigenvalue weighted by Gasteiger charge is -2.09. The Morgan fingerprint density at radius 3 is 2.54 bits per heavy atom. The van der Waals surface area contributed by atoms with Crippen molar-refractivity contribution in [2.24, 2.45) is 5.73 Å². The molecule has 1 unspecified atom stereocenters. The van der Waals surface area contributed by atoms with E-state index >= 15 is 0 Å². The lowest BCUT2D eigenvalue weighted by molar-refractivity contribution is 0.210. The predicted octanol–water partition coefficient (Wildman–Crippen LogP) is 0.211. The molecule has 1 heterocycles. The summed E-state index contributed by atoms with van der Waals surface area (Å²) in [5, 5.41) is 0. The number of nitrogens with two attached hydrogens (primary N) is 1. The largest absolute Gasteiger partial charge is 0.494 e. The highest BCUT2D eigenvalue weighted by molar-refractivity contribution is 5.13. The summed E-state index contributed by atoms with van der Waals surface area (Å²) in [6.45, 7) is 2.29. The van der Waals surface area contributed by atoms with Gasteiger partial charge in [-0.25, -0.2) is 0 Å². The van der Waals surface area contributed by atoms with Crippen molar-refractivity contribution in [1.82, 2.24) is 9.97 Å². The molecule has 0 aliphatic carbocycles. The molecule has 72 valence electrons. The normalized spacial score (nSPS) is 12.2. The summed E-state index contributed by atoms with van der Waals surface area (Å²) in [6, 6.07) is 0.318. The molecule has 0 saturated heterocycles. The SMILES string of the molecule is COc1cnc(OC(C)CN)nc1. The summed E-state index contributed by atoms with van der Waals surface area (Å²) >= 11 is 0. The highest BCUT2D eigenvalue weighted by Gasteiger charge is 2.03. The van der Waals surface area contributed by atoms with E-state index in [1.165, 1.54) is 0 Å². The summed E-state index contributed by atoms with van der Waals surface area (Å²) < 4.78 is 10.2. The van der Waals surface area contributed by atoms with Crippen LogP contribution in [0.15, 0.2) is 12.4 Å². The molecule has 5 nitrogen and oxygen atoms in total. The van der Waals surface area contributed by atoms with E-state index in [9.17, 15) is 0 Å². The van der Waals surface area contributed by atoms with Crippen LogP contribution in [0.1, 0.15) is 6.92 Å². The zero-order valence-corrected chi connectivity index (χ0v) is 7.73. The standard InChI is InChI=1S/C8H13N3O2/c1-6(3-9)13-8-10-4-7(12-2)5-11-8/h4-6H,3,9H2,1-2H3. The van der Waals surface area contributed by atoms with Gasteiger partial charge < -0.3 is 15.2 Å². The fourth-order valence-corrected chi connectivity index (χ4v) is 0.699. The second-order valence-corrected chi connectivity index (χ2v) is 2.57. The number of hydrogen-bond donors (Lipinski definition) is 1. The molecule has 5 heteroatoms.